The Hall–Kier alpha value is -1.87. The number of nitrogens with zero attached hydrogens (tertiary/aromatic N) is 4. The number of anilines is 1. The topological polar surface area (TPSA) is 88.0 Å². The number of hydrogen-bond donors (Lipinski definition) is 1. The van der Waals surface area contributed by atoms with Gasteiger partial charge in [0.25, 0.3) is 0 Å². The Labute approximate surface area is 172 Å². The first-order valence-electron chi connectivity index (χ1n) is 10.2. The Morgan fingerprint density at radius 2 is 1.72 bits per heavy atom. The molecular formula is C20H31BN4O4. The second kappa shape index (κ2) is 6.07. The molecule has 4 fully saturated rings. The minimum atomic E-state index is -0.840. The molecule has 4 saturated heterocycles. The summed E-state index contributed by atoms with van der Waals surface area (Å²) < 4.78 is 12.1. The van der Waals surface area contributed by atoms with Crippen molar-refractivity contribution in [1.29, 1.82) is 0 Å². The van der Waals surface area contributed by atoms with Crippen molar-refractivity contribution in [1.82, 2.24) is 14.9 Å². The van der Waals surface area contributed by atoms with Crippen LogP contribution >= 0.6 is 0 Å². The molecular weight excluding hydrogens is 371 g/mol. The Bertz CT molecular complexity index is 807. The van der Waals surface area contributed by atoms with Gasteiger partial charge in [-0.15, -0.1) is 0 Å². The molecule has 5 rings (SSSR count). The molecule has 0 radical (unpaired) electrons. The number of piperidine rings is 1. The van der Waals surface area contributed by atoms with Crippen molar-refractivity contribution in [2.45, 2.75) is 77.7 Å². The number of piperazine rings is 1. The lowest BCUT2D eigenvalue weighted by Gasteiger charge is -2.68. The number of fused-ring (bicyclic) bond motifs is 2. The van der Waals surface area contributed by atoms with Crippen molar-refractivity contribution >= 4 is 24.6 Å². The molecule has 0 saturated carbocycles. The van der Waals surface area contributed by atoms with Gasteiger partial charge in [0.05, 0.1) is 22.8 Å². The molecule has 1 aromatic rings. The molecule has 2 bridgehead atoms. The first-order valence-corrected chi connectivity index (χ1v) is 10.2. The molecule has 2 atom stereocenters. The Morgan fingerprint density at radius 3 is 2.21 bits per heavy atom. The molecule has 1 amide bonds. The summed E-state index contributed by atoms with van der Waals surface area (Å²) in [7, 11) is -0.493. The largest absolute Gasteiger partial charge is 0.498 e. The van der Waals surface area contributed by atoms with E-state index in [2.05, 4.69) is 35.6 Å². The summed E-state index contributed by atoms with van der Waals surface area (Å²) in [5.74, 6) is 0.619. The highest BCUT2D eigenvalue weighted by molar-refractivity contribution is 6.61. The predicted molar refractivity (Wildman–Crippen MR) is 110 cm³/mol. The van der Waals surface area contributed by atoms with Gasteiger partial charge < -0.3 is 19.3 Å². The Morgan fingerprint density at radius 1 is 1.17 bits per heavy atom. The molecule has 0 aliphatic carbocycles. The van der Waals surface area contributed by atoms with Crippen LogP contribution in [-0.2, 0) is 9.31 Å². The van der Waals surface area contributed by atoms with Crippen LogP contribution in [0.3, 0.4) is 0 Å². The smallest absolute Gasteiger partial charge is 0.465 e. The second-order valence-corrected chi connectivity index (χ2v) is 10.6. The van der Waals surface area contributed by atoms with E-state index in [1.807, 2.05) is 27.7 Å². The highest BCUT2D eigenvalue weighted by atomic mass is 16.7. The summed E-state index contributed by atoms with van der Waals surface area (Å²) in [6.45, 7) is 15.6. The summed E-state index contributed by atoms with van der Waals surface area (Å²) in [5.41, 5.74) is -0.640. The van der Waals surface area contributed by atoms with Gasteiger partial charge in [0.2, 0.25) is 5.95 Å². The Balaban J connectivity index is 1.53. The van der Waals surface area contributed by atoms with Crippen LogP contribution in [0.15, 0.2) is 12.4 Å². The summed E-state index contributed by atoms with van der Waals surface area (Å²) in [6.07, 6.45) is 3.55. The SMILES string of the molecule is CC(C)(C)C12CC(CN(c3ncc(B4OC(C)(C)C(C)(C)O4)cn3)C1)N2C(=O)O. The molecule has 1 N–H and O–H groups in total. The van der Waals surface area contributed by atoms with Crippen LogP contribution < -0.4 is 10.4 Å². The second-order valence-electron chi connectivity index (χ2n) is 10.6. The molecule has 4 aliphatic rings. The van der Waals surface area contributed by atoms with E-state index < -0.39 is 30.0 Å². The van der Waals surface area contributed by atoms with Crippen molar-refractivity contribution < 1.29 is 19.2 Å². The van der Waals surface area contributed by atoms with E-state index in [0.29, 0.717) is 19.0 Å². The zero-order chi connectivity index (χ0) is 21.4. The van der Waals surface area contributed by atoms with E-state index in [-0.39, 0.29) is 11.5 Å². The van der Waals surface area contributed by atoms with Gasteiger partial charge in [-0.3, -0.25) is 4.90 Å². The normalized spacial score (nSPS) is 30.3. The molecule has 5 heterocycles. The first-order chi connectivity index (χ1) is 13.3. The summed E-state index contributed by atoms with van der Waals surface area (Å²) >= 11 is 0. The van der Waals surface area contributed by atoms with E-state index in [1.54, 1.807) is 17.3 Å². The van der Waals surface area contributed by atoms with Gasteiger partial charge in [-0.25, -0.2) is 14.8 Å². The van der Waals surface area contributed by atoms with Crippen LogP contribution in [0.25, 0.3) is 0 Å². The Kier molecular flexibility index (Phi) is 4.28. The van der Waals surface area contributed by atoms with Crippen molar-refractivity contribution in [3.63, 3.8) is 0 Å². The lowest BCUT2D eigenvalue weighted by atomic mass is 9.60. The molecule has 9 heteroatoms. The molecule has 2 unspecified atom stereocenters. The lowest BCUT2D eigenvalue weighted by molar-refractivity contribution is -0.125. The number of hydrogen-bond acceptors (Lipinski definition) is 6. The minimum Gasteiger partial charge on any atom is -0.465 e. The number of rotatable bonds is 2. The predicted octanol–water partition coefficient (Wildman–Crippen LogP) is 2.13. The highest BCUT2D eigenvalue weighted by Crippen LogP contribution is 2.52. The average molecular weight is 402 g/mol. The van der Waals surface area contributed by atoms with Crippen molar-refractivity contribution in [3.8, 4) is 0 Å². The maximum atomic E-state index is 11.8. The molecule has 158 valence electrons. The third kappa shape index (κ3) is 2.93. The molecule has 0 spiro atoms. The van der Waals surface area contributed by atoms with E-state index in [9.17, 15) is 9.90 Å². The third-order valence-electron chi connectivity index (χ3n) is 7.35. The van der Waals surface area contributed by atoms with Gasteiger partial charge >= 0.3 is 13.2 Å². The van der Waals surface area contributed by atoms with E-state index in [0.717, 1.165) is 11.9 Å². The fourth-order valence-corrected chi connectivity index (χ4v) is 4.73. The van der Waals surface area contributed by atoms with Crippen LogP contribution in [0.2, 0.25) is 0 Å². The zero-order valence-electron chi connectivity index (χ0n) is 18.4. The maximum absolute atomic E-state index is 11.8. The van der Waals surface area contributed by atoms with E-state index in [4.69, 9.17) is 9.31 Å². The highest BCUT2D eigenvalue weighted by Gasteiger charge is 2.64. The zero-order valence-corrected chi connectivity index (χ0v) is 18.4. The third-order valence-corrected chi connectivity index (χ3v) is 7.35. The summed E-state index contributed by atoms with van der Waals surface area (Å²) in [6, 6.07) is -0.0214. The van der Waals surface area contributed by atoms with Gasteiger partial charge in [0, 0.05) is 30.9 Å². The monoisotopic (exact) mass is 402 g/mol. The fraction of sp³-hybridized carbons (Fsp3) is 0.750. The number of amides is 1. The number of aromatic nitrogens is 2. The molecule has 8 nitrogen and oxygen atoms in total. The molecule has 29 heavy (non-hydrogen) atoms. The van der Waals surface area contributed by atoms with E-state index >= 15 is 0 Å². The van der Waals surface area contributed by atoms with Gasteiger partial charge in [-0.05, 0) is 39.5 Å². The molecule has 4 aliphatic heterocycles. The number of carbonyl (C=O) groups is 1. The van der Waals surface area contributed by atoms with Crippen molar-refractivity contribution in [2.24, 2.45) is 5.41 Å². The van der Waals surface area contributed by atoms with E-state index in [1.165, 1.54) is 0 Å². The summed E-state index contributed by atoms with van der Waals surface area (Å²) in [4.78, 5) is 24.7. The quantitative estimate of drug-likeness (QED) is 0.759. The fourth-order valence-electron chi connectivity index (χ4n) is 4.73. The molecule has 0 aromatic carbocycles. The van der Waals surface area contributed by atoms with Crippen molar-refractivity contribution in [2.75, 3.05) is 18.0 Å². The van der Waals surface area contributed by atoms with Gasteiger partial charge in [0.1, 0.15) is 0 Å². The van der Waals surface area contributed by atoms with Gasteiger partial charge in [0.15, 0.2) is 0 Å². The summed E-state index contributed by atoms with van der Waals surface area (Å²) in [5, 5.41) is 9.72. The van der Waals surface area contributed by atoms with Crippen LogP contribution in [0.1, 0.15) is 54.9 Å². The standard InChI is InChI=1S/C20H31BN4O4/c1-17(2,3)20-8-14(25(20)16(26)27)11-24(12-20)15-22-9-13(10-23-15)21-28-18(4,5)19(6,7)29-21/h9-10,14H,8,11-12H2,1-7H3,(H,26,27). The van der Waals surface area contributed by atoms with Crippen LogP contribution in [-0.4, -0.2) is 69.1 Å². The number of carboxylic acid groups (broad SMARTS) is 1. The first kappa shape index (κ1) is 20.4. The van der Waals surface area contributed by atoms with Gasteiger partial charge in [-0.1, -0.05) is 20.8 Å². The maximum Gasteiger partial charge on any atom is 0.498 e. The van der Waals surface area contributed by atoms with Gasteiger partial charge in [-0.2, -0.15) is 0 Å². The average Bonchev–Trinajstić information content (AvgIpc) is 2.81. The van der Waals surface area contributed by atoms with Crippen LogP contribution in [0, 0.1) is 5.41 Å². The lowest BCUT2D eigenvalue weighted by Crippen LogP contribution is -2.82. The minimum absolute atomic E-state index is 0.0214. The van der Waals surface area contributed by atoms with Crippen LogP contribution in [0.4, 0.5) is 10.7 Å². The van der Waals surface area contributed by atoms with Crippen LogP contribution in [0.5, 0.6) is 0 Å². The van der Waals surface area contributed by atoms with Crippen molar-refractivity contribution in [3.05, 3.63) is 12.4 Å². The molecule has 1 aromatic heterocycles.